The van der Waals surface area contributed by atoms with Crippen molar-refractivity contribution < 1.29 is 22.7 Å². The average molecular weight is 591 g/mol. The van der Waals surface area contributed by atoms with E-state index >= 15 is 0 Å². The predicted octanol–water partition coefficient (Wildman–Crippen LogP) is 6.87. The van der Waals surface area contributed by atoms with Crippen molar-refractivity contribution in [1.29, 1.82) is 0 Å². The summed E-state index contributed by atoms with van der Waals surface area (Å²) in [5, 5.41) is 3.27. The molecule has 0 amide bonds. The molecule has 5 atom stereocenters. The summed E-state index contributed by atoms with van der Waals surface area (Å²) < 4.78 is 46.7. The zero-order valence-electron chi connectivity index (χ0n) is 23.4. The number of aromatic nitrogens is 2. The number of ether oxygens (including phenoxy) is 1. The van der Waals surface area contributed by atoms with Crippen LogP contribution in [0.3, 0.4) is 0 Å². The van der Waals surface area contributed by atoms with Crippen molar-refractivity contribution in [3.63, 3.8) is 0 Å². The summed E-state index contributed by atoms with van der Waals surface area (Å²) in [5.41, 5.74) is 1.26. The molecular formula is C31H38ClF3N4O2. The number of hydrogen-bond donors (Lipinski definition) is 1. The average Bonchev–Trinajstić information content (AvgIpc) is 3.43. The topological polar surface area (TPSA) is 67.4 Å². The summed E-state index contributed by atoms with van der Waals surface area (Å²) in [6.45, 7) is 3.42. The van der Waals surface area contributed by atoms with Crippen LogP contribution in [0.1, 0.15) is 93.1 Å². The Bertz CT molecular complexity index is 1280. The van der Waals surface area contributed by atoms with E-state index in [2.05, 4.69) is 20.2 Å². The van der Waals surface area contributed by atoms with Crippen LogP contribution in [0.15, 0.2) is 18.2 Å². The van der Waals surface area contributed by atoms with E-state index in [0.717, 1.165) is 49.8 Å². The Kier molecular flexibility index (Phi) is 8.57. The Balaban J connectivity index is 1.04. The maximum atomic E-state index is 14.8. The van der Waals surface area contributed by atoms with Gasteiger partial charge in [0.25, 0.3) is 6.43 Å². The lowest BCUT2D eigenvalue weighted by Gasteiger charge is -2.41. The van der Waals surface area contributed by atoms with Gasteiger partial charge in [-0.25, -0.2) is 23.1 Å². The summed E-state index contributed by atoms with van der Waals surface area (Å²) >= 11 is 6.22. The molecule has 6 rings (SSSR count). The number of nitrogens with zero attached hydrogens (tertiary/aromatic N) is 3. The maximum absolute atomic E-state index is 14.8. The quantitative estimate of drug-likeness (QED) is 0.305. The fourth-order valence-electron chi connectivity index (χ4n) is 7.61. The number of ketones is 1. The van der Waals surface area contributed by atoms with Gasteiger partial charge < -0.3 is 10.1 Å². The molecule has 10 heteroatoms. The van der Waals surface area contributed by atoms with Gasteiger partial charge in [0.05, 0.1) is 36.6 Å². The summed E-state index contributed by atoms with van der Waals surface area (Å²) in [6, 6.07) is 5.26. The third-order valence-electron chi connectivity index (χ3n) is 9.73. The monoisotopic (exact) mass is 590 g/mol. The zero-order chi connectivity index (χ0) is 28.7. The molecule has 0 saturated carbocycles. The van der Waals surface area contributed by atoms with Gasteiger partial charge in [-0.15, -0.1) is 0 Å². The molecule has 2 bridgehead atoms. The Morgan fingerprint density at radius 3 is 2.59 bits per heavy atom. The smallest absolute Gasteiger partial charge is 0.266 e. The second-order valence-electron chi connectivity index (χ2n) is 12.4. The van der Waals surface area contributed by atoms with Gasteiger partial charge >= 0.3 is 0 Å². The molecule has 1 N–H and O–H groups in total. The molecule has 1 aliphatic carbocycles. The van der Waals surface area contributed by atoms with Gasteiger partial charge in [0, 0.05) is 36.1 Å². The molecule has 4 aliphatic rings. The van der Waals surface area contributed by atoms with Gasteiger partial charge in [0.1, 0.15) is 17.4 Å². The molecule has 4 unspecified atom stereocenters. The van der Waals surface area contributed by atoms with Gasteiger partial charge in [-0.05, 0) is 81.7 Å². The second kappa shape index (κ2) is 12.2. The first kappa shape index (κ1) is 28.9. The highest BCUT2D eigenvalue weighted by Crippen LogP contribution is 2.41. The van der Waals surface area contributed by atoms with E-state index in [4.69, 9.17) is 16.3 Å². The number of alkyl halides is 2. The normalized spacial score (nSPS) is 27.0. The van der Waals surface area contributed by atoms with E-state index < -0.39 is 23.8 Å². The number of Topliss-reactive ketones (excluding diaryl/α,β-unsaturated/α-hetero) is 1. The summed E-state index contributed by atoms with van der Waals surface area (Å²) in [6.07, 6.45) is 6.46. The Hall–Kier alpha value is -2.23. The van der Waals surface area contributed by atoms with Crippen LogP contribution in [0.4, 0.5) is 19.0 Å². The summed E-state index contributed by atoms with van der Waals surface area (Å²) in [7, 11) is 0. The Labute approximate surface area is 244 Å². The maximum Gasteiger partial charge on any atom is 0.266 e. The number of benzene rings is 1. The standard InChI is InChI=1S/C31H38ClF3N4O2/c1-17(24-3-2-4-25(28(24)33)29(34)35)36-30-26-13-19(14-27(26)37-31(32)38-30)6-10-23(40)12-18-5-7-20-8-9-21(11-18)39(20)22-15-41-16-22/h2-4,17-22,29H,5-16H2,1H3,(H,36,37,38)/t17-,18?,19?,20?,21?/m1/s1. The number of halogens is 4. The molecule has 0 spiro atoms. The van der Waals surface area contributed by atoms with Crippen molar-refractivity contribution in [2.75, 3.05) is 18.5 Å². The first-order valence-electron chi connectivity index (χ1n) is 15.0. The molecule has 41 heavy (non-hydrogen) atoms. The molecule has 6 nitrogen and oxygen atoms in total. The number of hydrogen-bond acceptors (Lipinski definition) is 6. The van der Waals surface area contributed by atoms with Gasteiger partial charge in [-0.3, -0.25) is 9.69 Å². The number of fused-ring (bicyclic) bond motifs is 3. The lowest BCUT2D eigenvalue weighted by Crippen LogP contribution is -2.53. The number of carbonyl (C=O) groups excluding carboxylic acids is 1. The SMILES string of the molecule is C[C@@H](Nc1nc(Cl)nc2c1CC(CCC(=O)CC1CCC3CCC(C1)N3C1COC1)C2)c1cccc(C(F)F)c1F. The molecule has 2 aromatic rings. The first-order chi connectivity index (χ1) is 19.8. The van der Waals surface area contributed by atoms with Crippen LogP contribution < -0.4 is 5.32 Å². The van der Waals surface area contributed by atoms with Crippen LogP contribution in [-0.2, 0) is 22.4 Å². The van der Waals surface area contributed by atoms with Gasteiger partial charge in [-0.1, -0.05) is 18.2 Å². The van der Waals surface area contributed by atoms with E-state index in [1.165, 1.54) is 31.4 Å². The third kappa shape index (κ3) is 6.13. The highest BCUT2D eigenvalue weighted by atomic mass is 35.5. The van der Waals surface area contributed by atoms with E-state index in [9.17, 15) is 18.0 Å². The highest BCUT2D eigenvalue weighted by Gasteiger charge is 2.43. The van der Waals surface area contributed by atoms with Crippen molar-refractivity contribution in [3.05, 3.63) is 51.7 Å². The highest BCUT2D eigenvalue weighted by molar-refractivity contribution is 6.28. The molecular weight excluding hydrogens is 553 g/mol. The van der Waals surface area contributed by atoms with Crippen LogP contribution in [0.5, 0.6) is 0 Å². The Morgan fingerprint density at radius 1 is 1.07 bits per heavy atom. The molecule has 3 aliphatic heterocycles. The minimum absolute atomic E-state index is 0.0853. The molecule has 222 valence electrons. The van der Waals surface area contributed by atoms with Crippen molar-refractivity contribution in [1.82, 2.24) is 14.9 Å². The third-order valence-corrected chi connectivity index (χ3v) is 9.90. The van der Waals surface area contributed by atoms with Crippen molar-refractivity contribution >= 4 is 23.2 Å². The van der Waals surface area contributed by atoms with E-state index in [1.54, 1.807) is 6.92 Å². The summed E-state index contributed by atoms with van der Waals surface area (Å²) in [4.78, 5) is 24.6. The predicted molar refractivity (Wildman–Crippen MR) is 151 cm³/mol. The number of rotatable bonds is 10. The van der Waals surface area contributed by atoms with Crippen LogP contribution in [0, 0.1) is 17.7 Å². The van der Waals surface area contributed by atoms with Crippen molar-refractivity contribution in [3.8, 4) is 0 Å². The lowest BCUT2D eigenvalue weighted by atomic mass is 9.86. The zero-order valence-corrected chi connectivity index (χ0v) is 24.2. The van der Waals surface area contributed by atoms with Crippen molar-refractivity contribution in [2.45, 2.75) is 102 Å². The Morgan fingerprint density at radius 2 is 1.83 bits per heavy atom. The lowest BCUT2D eigenvalue weighted by molar-refractivity contribution is -0.120. The molecule has 3 fully saturated rings. The van der Waals surface area contributed by atoms with Crippen LogP contribution >= 0.6 is 11.6 Å². The molecule has 3 saturated heterocycles. The van der Waals surface area contributed by atoms with E-state index in [1.807, 2.05) is 0 Å². The molecule has 1 aromatic carbocycles. The van der Waals surface area contributed by atoms with Crippen LogP contribution in [0.2, 0.25) is 5.28 Å². The fourth-order valence-corrected chi connectivity index (χ4v) is 7.79. The van der Waals surface area contributed by atoms with Gasteiger partial charge in [0.2, 0.25) is 5.28 Å². The van der Waals surface area contributed by atoms with E-state index in [-0.39, 0.29) is 16.8 Å². The second-order valence-corrected chi connectivity index (χ2v) is 12.8. The number of carbonyl (C=O) groups is 1. The first-order valence-corrected chi connectivity index (χ1v) is 15.4. The minimum atomic E-state index is -2.89. The molecule has 1 aromatic heterocycles. The van der Waals surface area contributed by atoms with E-state index in [0.29, 0.717) is 61.3 Å². The van der Waals surface area contributed by atoms with Gasteiger partial charge in [0.15, 0.2) is 0 Å². The van der Waals surface area contributed by atoms with Crippen LogP contribution in [-0.4, -0.2) is 52.0 Å². The summed E-state index contributed by atoms with van der Waals surface area (Å²) in [5.74, 6) is 0.636. The fraction of sp³-hybridized carbons (Fsp3) is 0.645. The number of anilines is 1. The van der Waals surface area contributed by atoms with Crippen molar-refractivity contribution in [2.24, 2.45) is 11.8 Å². The minimum Gasteiger partial charge on any atom is -0.378 e. The largest absolute Gasteiger partial charge is 0.378 e. The van der Waals surface area contributed by atoms with Gasteiger partial charge in [-0.2, -0.15) is 0 Å². The molecule has 0 radical (unpaired) electrons. The number of nitrogens with one attached hydrogen (secondary N) is 1. The van der Waals surface area contributed by atoms with Crippen LogP contribution in [0.25, 0.3) is 0 Å². The molecule has 4 heterocycles.